The molecular weight excluding hydrogens is 174 g/mol. The molecule has 1 heterocycles. The summed E-state index contributed by atoms with van der Waals surface area (Å²) in [6, 6.07) is 0.258. The molecule has 1 atom stereocenters. The largest absolute Gasteiger partial charge is 0.212 e. The second-order valence-electron chi connectivity index (χ2n) is 3.43. The number of hydrogen-bond acceptors (Lipinski definition) is 2. The van der Waals surface area contributed by atoms with E-state index in [-0.39, 0.29) is 6.04 Å². The molecule has 1 fully saturated rings. The van der Waals surface area contributed by atoms with E-state index in [1.165, 1.54) is 12.7 Å². The molecule has 0 aromatic heterocycles. The third-order valence-electron chi connectivity index (χ3n) is 2.47. The Labute approximate surface area is 74.8 Å². The Bertz CT molecular complexity index is 235. The summed E-state index contributed by atoms with van der Waals surface area (Å²) in [5, 5.41) is 0. The molecule has 0 radical (unpaired) electrons. The number of piperidine rings is 1. The lowest BCUT2D eigenvalue weighted by Crippen LogP contribution is -2.42. The van der Waals surface area contributed by atoms with Gasteiger partial charge >= 0.3 is 0 Å². The summed E-state index contributed by atoms with van der Waals surface area (Å²) < 4.78 is 24.2. The van der Waals surface area contributed by atoms with Gasteiger partial charge in [0.05, 0.1) is 6.26 Å². The van der Waals surface area contributed by atoms with Crippen molar-refractivity contribution in [2.24, 2.45) is 0 Å². The van der Waals surface area contributed by atoms with Gasteiger partial charge in [-0.2, -0.15) is 4.31 Å². The number of sulfonamides is 1. The highest BCUT2D eigenvalue weighted by molar-refractivity contribution is 7.88. The standard InChI is InChI=1S/C8H17NO2S/c1-3-8-6-4-5-7-9(8)12(2,10)11/h8H,3-7H2,1-2H3. The molecule has 3 nitrogen and oxygen atoms in total. The van der Waals surface area contributed by atoms with Gasteiger partial charge in [0.1, 0.15) is 0 Å². The summed E-state index contributed by atoms with van der Waals surface area (Å²) in [5.74, 6) is 0. The molecular formula is C8H17NO2S. The molecule has 12 heavy (non-hydrogen) atoms. The fourth-order valence-electron chi connectivity index (χ4n) is 1.82. The summed E-state index contributed by atoms with van der Waals surface area (Å²) in [7, 11) is -2.95. The van der Waals surface area contributed by atoms with E-state index in [4.69, 9.17) is 0 Å². The molecule has 0 amide bonds. The molecule has 1 aliphatic rings. The minimum Gasteiger partial charge on any atom is -0.212 e. The van der Waals surface area contributed by atoms with Crippen LogP contribution in [-0.2, 0) is 10.0 Å². The molecule has 1 rings (SSSR count). The van der Waals surface area contributed by atoms with Crippen molar-refractivity contribution in [3.05, 3.63) is 0 Å². The average molecular weight is 191 g/mol. The molecule has 1 aliphatic heterocycles. The second kappa shape index (κ2) is 3.75. The zero-order chi connectivity index (χ0) is 9.19. The lowest BCUT2D eigenvalue weighted by molar-refractivity contribution is 0.248. The maximum atomic E-state index is 11.3. The van der Waals surface area contributed by atoms with Gasteiger partial charge in [-0.1, -0.05) is 13.3 Å². The molecule has 0 spiro atoms. The number of rotatable bonds is 2. The van der Waals surface area contributed by atoms with Crippen molar-refractivity contribution in [2.75, 3.05) is 12.8 Å². The van der Waals surface area contributed by atoms with Gasteiger partial charge in [0.2, 0.25) is 10.0 Å². The van der Waals surface area contributed by atoms with Gasteiger partial charge in [0.15, 0.2) is 0 Å². The fraction of sp³-hybridized carbons (Fsp3) is 1.00. The summed E-state index contributed by atoms with van der Waals surface area (Å²) in [6.45, 7) is 2.77. The van der Waals surface area contributed by atoms with Crippen molar-refractivity contribution in [1.29, 1.82) is 0 Å². The Morgan fingerprint density at radius 2 is 2.08 bits per heavy atom. The average Bonchev–Trinajstić information content (AvgIpc) is 2.03. The highest BCUT2D eigenvalue weighted by Crippen LogP contribution is 2.21. The van der Waals surface area contributed by atoms with Crippen LogP contribution < -0.4 is 0 Å². The van der Waals surface area contributed by atoms with Crippen molar-refractivity contribution in [3.63, 3.8) is 0 Å². The Morgan fingerprint density at radius 3 is 2.50 bits per heavy atom. The van der Waals surface area contributed by atoms with Crippen LogP contribution in [0.1, 0.15) is 32.6 Å². The SMILES string of the molecule is CCC1CCCCN1S(C)(=O)=O. The van der Waals surface area contributed by atoms with Gasteiger partial charge in [-0.25, -0.2) is 8.42 Å². The van der Waals surface area contributed by atoms with Crippen LogP contribution in [0.25, 0.3) is 0 Å². The van der Waals surface area contributed by atoms with E-state index in [0.717, 1.165) is 25.8 Å². The fourth-order valence-corrected chi connectivity index (χ4v) is 3.08. The first kappa shape index (κ1) is 9.99. The Kier molecular flexibility index (Phi) is 3.12. The normalized spacial score (nSPS) is 27.3. The van der Waals surface area contributed by atoms with E-state index in [2.05, 4.69) is 0 Å². The van der Waals surface area contributed by atoms with E-state index in [0.29, 0.717) is 0 Å². The van der Waals surface area contributed by atoms with Crippen molar-refractivity contribution < 1.29 is 8.42 Å². The molecule has 4 heteroatoms. The van der Waals surface area contributed by atoms with Crippen LogP contribution >= 0.6 is 0 Å². The predicted octanol–water partition coefficient (Wildman–Crippen LogP) is 1.21. The van der Waals surface area contributed by atoms with Crippen LogP contribution in [-0.4, -0.2) is 31.6 Å². The molecule has 1 unspecified atom stereocenters. The first-order chi connectivity index (χ1) is 5.55. The van der Waals surface area contributed by atoms with E-state index >= 15 is 0 Å². The molecule has 0 saturated carbocycles. The zero-order valence-electron chi connectivity index (χ0n) is 7.78. The Morgan fingerprint density at radius 1 is 1.42 bits per heavy atom. The third-order valence-corrected chi connectivity index (χ3v) is 3.80. The quantitative estimate of drug-likeness (QED) is 0.658. The predicted molar refractivity (Wildman–Crippen MR) is 49.5 cm³/mol. The minimum atomic E-state index is -2.95. The van der Waals surface area contributed by atoms with E-state index in [9.17, 15) is 8.42 Å². The first-order valence-corrected chi connectivity index (χ1v) is 6.37. The Balaban J connectivity index is 2.72. The van der Waals surface area contributed by atoms with Crippen LogP contribution in [0.2, 0.25) is 0 Å². The van der Waals surface area contributed by atoms with Crippen LogP contribution in [0.4, 0.5) is 0 Å². The molecule has 0 bridgehead atoms. The maximum Gasteiger partial charge on any atom is 0.211 e. The number of hydrogen-bond donors (Lipinski definition) is 0. The molecule has 1 saturated heterocycles. The van der Waals surface area contributed by atoms with Crippen molar-refractivity contribution in [3.8, 4) is 0 Å². The van der Waals surface area contributed by atoms with E-state index in [1.807, 2.05) is 6.92 Å². The highest BCUT2D eigenvalue weighted by atomic mass is 32.2. The summed E-state index contributed by atoms with van der Waals surface area (Å²) in [4.78, 5) is 0. The van der Waals surface area contributed by atoms with Crippen molar-refractivity contribution in [1.82, 2.24) is 4.31 Å². The lowest BCUT2D eigenvalue weighted by Gasteiger charge is -2.32. The van der Waals surface area contributed by atoms with Crippen molar-refractivity contribution >= 4 is 10.0 Å². The van der Waals surface area contributed by atoms with Gasteiger partial charge < -0.3 is 0 Å². The van der Waals surface area contributed by atoms with Crippen LogP contribution in [0.5, 0.6) is 0 Å². The topological polar surface area (TPSA) is 37.4 Å². The van der Waals surface area contributed by atoms with Gasteiger partial charge in [-0.15, -0.1) is 0 Å². The highest BCUT2D eigenvalue weighted by Gasteiger charge is 2.27. The Hall–Kier alpha value is -0.0900. The van der Waals surface area contributed by atoms with Gasteiger partial charge in [-0.3, -0.25) is 0 Å². The van der Waals surface area contributed by atoms with Gasteiger partial charge in [0, 0.05) is 12.6 Å². The van der Waals surface area contributed by atoms with Crippen LogP contribution in [0.3, 0.4) is 0 Å². The monoisotopic (exact) mass is 191 g/mol. The summed E-state index contributed by atoms with van der Waals surface area (Å²) in [5.41, 5.74) is 0. The molecule has 72 valence electrons. The van der Waals surface area contributed by atoms with Crippen molar-refractivity contribution in [2.45, 2.75) is 38.6 Å². The van der Waals surface area contributed by atoms with Crippen LogP contribution in [0.15, 0.2) is 0 Å². The number of nitrogens with zero attached hydrogens (tertiary/aromatic N) is 1. The van der Waals surface area contributed by atoms with Gasteiger partial charge in [-0.05, 0) is 19.3 Å². The first-order valence-electron chi connectivity index (χ1n) is 4.52. The minimum absolute atomic E-state index is 0.258. The molecule has 0 N–H and O–H groups in total. The summed E-state index contributed by atoms with van der Waals surface area (Å²) >= 11 is 0. The van der Waals surface area contributed by atoms with E-state index in [1.54, 1.807) is 4.31 Å². The maximum absolute atomic E-state index is 11.3. The van der Waals surface area contributed by atoms with E-state index < -0.39 is 10.0 Å². The molecule has 0 aromatic carbocycles. The smallest absolute Gasteiger partial charge is 0.211 e. The molecule has 0 aliphatic carbocycles. The van der Waals surface area contributed by atoms with Crippen LogP contribution in [0, 0.1) is 0 Å². The zero-order valence-corrected chi connectivity index (χ0v) is 8.60. The second-order valence-corrected chi connectivity index (χ2v) is 5.37. The van der Waals surface area contributed by atoms with Gasteiger partial charge in [0.25, 0.3) is 0 Å². The lowest BCUT2D eigenvalue weighted by atomic mass is 10.0. The third kappa shape index (κ3) is 2.20. The molecule has 0 aromatic rings. The summed E-state index contributed by atoms with van der Waals surface area (Å²) in [6.07, 6.45) is 5.46.